The molecule has 0 fully saturated rings. The lowest BCUT2D eigenvalue weighted by Gasteiger charge is -2.18. The molecule has 0 radical (unpaired) electrons. The summed E-state index contributed by atoms with van der Waals surface area (Å²) in [6.45, 7) is 10.3. The Labute approximate surface area is 161 Å². The number of carbonyl (C=O) groups is 1. The molecule has 27 heavy (non-hydrogen) atoms. The average Bonchev–Trinajstić information content (AvgIpc) is 3.22. The van der Waals surface area contributed by atoms with Crippen molar-refractivity contribution < 1.29 is 4.79 Å². The highest BCUT2D eigenvalue weighted by Crippen LogP contribution is 2.24. The molecule has 0 bridgehead atoms. The van der Waals surface area contributed by atoms with Crippen LogP contribution in [0, 0.1) is 19.8 Å². The minimum Gasteiger partial charge on any atom is -0.349 e. The molecule has 3 aromatic rings. The summed E-state index contributed by atoms with van der Waals surface area (Å²) in [5.74, 6) is 0.253. The Hall–Kier alpha value is -2.82. The normalized spacial score (nSPS) is 12.4. The third kappa shape index (κ3) is 3.82. The highest BCUT2D eigenvalue weighted by Gasteiger charge is 2.21. The molecular formula is C22H28N4O. The lowest BCUT2D eigenvalue weighted by atomic mass is 10.1. The zero-order valence-electron chi connectivity index (χ0n) is 16.9. The lowest BCUT2D eigenvalue weighted by Crippen LogP contribution is -2.37. The van der Waals surface area contributed by atoms with Crippen LogP contribution in [0.3, 0.4) is 0 Å². The molecule has 1 aromatic carbocycles. The first-order valence-corrected chi connectivity index (χ1v) is 9.38. The Morgan fingerprint density at radius 3 is 2.48 bits per heavy atom. The quantitative estimate of drug-likeness (QED) is 0.735. The summed E-state index contributed by atoms with van der Waals surface area (Å²) in [4.78, 5) is 13.0. The van der Waals surface area contributed by atoms with Crippen LogP contribution in [0.5, 0.6) is 0 Å². The third-order valence-electron chi connectivity index (χ3n) is 5.10. The predicted molar refractivity (Wildman–Crippen MR) is 109 cm³/mol. The van der Waals surface area contributed by atoms with Crippen molar-refractivity contribution in [2.24, 2.45) is 13.0 Å². The van der Waals surface area contributed by atoms with Gasteiger partial charge in [-0.3, -0.25) is 4.79 Å². The number of aromatic nitrogens is 3. The minimum atomic E-state index is -0.106. The Morgan fingerprint density at radius 2 is 1.85 bits per heavy atom. The van der Waals surface area contributed by atoms with Crippen molar-refractivity contribution in [3.8, 4) is 17.1 Å². The minimum absolute atomic E-state index is 0.0814. The van der Waals surface area contributed by atoms with Gasteiger partial charge in [0.05, 0.1) is 11.4 Å². The number of nitrogens with one attached hydrogen (secondary N) is 1. The number of amides is 1. The molecule has 0 aliphatic carbocycles. The van der Waals surface area contributed by atoms with Crippen LogP contribution in [-0.4, -0.2) is 26.3 Å². The van der Waals surface area contributed by atoms with Gasteiger partial charge in [0.15, 0.2) is 0 Å². The molecule has 1 amide bonds. The van der Waals surface area contributed by atoms with E-state index in [1.165, 1.54) is 0 Å². The second-order valence-electron chi connectivity index (χ2n) is 7.63. The SMILES string of the molecule is Cc1ccc(C)c(-n2nc(-c3cccn3C)cc2C(=O)NC(C)C(C)C)c1. The van der Waals surface area contributed by atoms with Crippen LogP contribution >= 0.6 is 0 Å². The largest absolute Gasteiger partial charge is 0.349 e. The zero-order chi connectivity index (χ0) is 19.7. The van der Waals surface area contributed by atoms with E-state index in [1.807, 2.05) is 56.8 Å². The Balaban J connectivity index is 2.13. The number of nitrogens with zero attached hydrogens (tertiary/aromatic N) is 3. The van der Waals surface area contributed by atoms with Crippen molar-refractivity contribution >= 4 is 5.91 Å². The van der Waals surface area contributed by atoms with E-state index in [1.54, 1.807) is 4.68 Å². The van der Waals surface area contributed by atoms with E-state index >= 15 is 0 Å². The number of aryl methyl sites for hydroxylation is 3. The number of rotatable bonds is 5. The van der Waals surface area contributed by atoms with Crippen molar-refractivity contribution in [3.05, 3.63) is 59.4 Å². The van der Waals surface area contributed by atoms with Gasteiger partial charge in [-0.2, -0.15) is 5.10 Å². The molecule has 0 spiro atoms. The van der Waals surface area contributed by atoms with Gasteiger partial charge >= 0.3 is 0 Å². The van der Waals surface area contributed by atoms with Gasteiger partial charge in [-0.1, -0.05) is 26.0 Å². The first-order chi connectivity index (χ1) is 12.8. The van der Waals surface area contributed by atoms with Gasteiger partial charge in [0, 0.05) is 19.3 Å². The number of hydrogen-bond acceptors (Lipinski definition) is 2. The van der Waals surface area contributed by atoms with Gasteiger partial charge in [-0.05, 0) is 62.1 Å². The zero-order valence-corrected chi connectivity index (χ0v) is 16.9. The molecule has 3 rings (SSSR count). The predicted octanol–water partition coefficient (Wildman–Crippen LogP) is 4.27. The maximum atomic E-state index is 13.0. The smallest absolute Gasteiger partial charge is 0.270 e. The molecular weight excluding hydrogens is 336 g/mol. The molecule has 0 aliphatic rings. The molecule has 0 saturated heterocycles. The maximum Gasteiger partial charge on any atom is 0.270 e. The number of carbonyl (C=O) groups excluding carboxylic acids is 1. The van der Waals surface area contributed by atoms with Crippen molar-refractivity contribution in [3.63, 3.8) is 0 Å². The standard InChI is InChI=1S/C22H28N4O/c1-14(2)17(5)23-22(27)21-13-18(19-8-7-11-25(19)6)24-26(21)20-12-15(3)9-10-16(20)4/h7-14,17H,1-6H3,(H,23,27). The van der Waals surface area contributed by atoms with E-state index in [4.69, 9.17) is 5.10 Å². The number of hydrogen-bond donors (Lipinski definition) is 1. The van der Waals surface area contributed by atoms with Crippen molar-refractivity contribution in [2.45, 2.75) is 40.7 Å². The summed E-state index contributed by atoms with van der Waals surface area (Å²) in [5.41, 5.74) is 5.45. The molecule has 0 saturated carbocycles. The molecule has 2 heterocycles. The summed E-state index contributed by atoms with van der Waals surface area (Å²) in [6, 6.07) is 12.1. The highest BCUT2D eigenvalue weighted by atomic mass is 16.2. The van der Waals surface area contributed by atoms with Gasteiger partial charge in [-0.15, -0.1) is 0 Å². The Kier molecular flexibility index (Phi) is 5.22. The molecule has 1 N–H and O–H groups in total. The van der Waals surface area contributed by atoms with Crippen LogP contribution in [0.4, 0.5) is 0 Å². The second kappa shape index (κ2) is 7.43. The van der Waals surface area contributed by atoms with Gasteiger partial charge in [0.2, 0.25) is 0 Å². The van der Waals surface area contributed by atoms with E-state index in [0.29, 0.717) is 11.6 Å². The molecule has 5 heteroatoms. The van der Waals surface area contributed by atoms with Crippen LogP contribution in [0.2, 0.25) is 0 Å². The van der Waals surface area contributed by atoms with Crippen LogP contribution in [0.15, 0.2) is 42.6 Å². The van der Waals surface area contributed by atoms with Crippen LogP contribution < -0.4 is 5.32 Å². The van der Waals surface area contributed by atoms with Crippen molar-refractivity contribution in [1.82, 2.24) is 19.7 Å². The van der Waals surface area contributed by atoms with Crippen LogP contribution in [0.25, 0.3) is 17.1 Å². The third-order valence-corrected chi connectivity index (χ3v) is 5.10. The Morgan fingerprint density at radius 1 is 1.11 bits per heavy atom. The van der Waals surface area contributed by atoms with Crippen LogP contribution in [-0.2, 0) is 7.05 Å². The average molecular weight is 364 g/mol. The molecule has 142 valence electrons. The summed E-state index contributed by atoms with van der Waals surface area (Å²) in [6.07, 6.45) is 1.98. The number of benzene rings is 1. The second-order valence-corrected chi connectivity index (χ2v) is 7.63. The fraction of sp³-hybridized carbons (Fsp3) is 0.364. The van der Waals surface area contributed by atoms with E-state index in [-0.39, 0.29) is 11.9 Å². The van der Waals surface area contributed by atoms with E-state index in [0.717, 1.165) is 28.2 Å². The molecule has 5 nitrogen and oxygen atoms in total. The molecule has 1 atom stereocenters. The summed E-state index contributed by atoms with van der Waals surface area (Å²) < 4.78 is 3.78. The molecule has 0 aliphatic heterocycles. The maximum absolute atomic E-state index is 13.0. The lowest BCUT2D eigenvalue weighted by molar-refractivity contribution is 0.0922. The summed E-state index contributed by atoms with van der Waals surface area (Å²) >= 11 is 0. The topological polar surface area (TPSA) is 51.9 Å². The molecule has 2 aromatic heterocycles. The highest BCUT2D eigenvalue weighted by molar-refractivity contribution is 5.94. The van der Waals surface area contributed by atoms with Gasteiger partial charge in [0.25, 0.3) is 5.91 Å². The fourth-order valence-corrected chi connectivity index (χ4v) is 2.97. The summed E-state index contributed by atoms with van der Waals surface area (Å²) in [7, 11) is 1.98. The van der Waals surface area contributed by atoms with Crippen LogP contribution in [0.1, 0.15) is 42.4 Å². The van der Waals surface area contributed by atoms with E-state index in [9.17, 15) is 4.79 Å². The first-order valence-electron chi connectivity index (χ1n) is 9.38. The monoisotopic (exact) mass is 364 g/mol. The van der Waals surface area contributed by atoms with E-state index < -0.39 is 0 Å². The van der Waals surface area contributed by atoms with Gasteiger partial charge in [-0.25, -0.2) is 4.68 Å². The van der Waals surface area contributed by atoms with Crippen molar-refractivity contribution in [2.75, 3.05) is 0 Å². The van der Waals surface area contributed by atoms with Crippen molar-refractivity contribution in [1.29, 1.82) is 0 Å². The first kappa shape index (κ1) is 19.0. The van der Waals surface area contributed by atoms with E-state index in [2.05, 4.69) is 37.4 Å². The van der Waals surface area contributed by atoms with Gasteiger partial charge in [0.1, 0.15) is 11.4 Å². The Bertz CT molecular complexity index is 965. The van der Waals surface area contributed by atoms with Gasteiger partial charge < -0.3 is 9.88 Å². The fourth-order valence-electron chi connectivity index (χ4n) is 2.97. The summed E-state index contributed by atoms with van der Waals surface area (Å²) in [5, 5.41) is 7.90. The molecule has 1 unspecified atom stereocenters.